The molecule has 0 bridgehead atoms. The minimum absolute atomic E-state index is 0.490. The third-order valence-corrected chi connectivity index (χ3v) is 6.74. The van der Waals surface area contributed by atoms with Gasteiger partial charge in [0.1, 0.15) is 0 Å². The molecule has 3 aromatic carbocycles. The molecule has 0 aliphatic rings. The molecule has 0 aromatic heterocycles. The van der Waals surface area contributed by atoms with Crippen LogP contribution in [0.25, 0.3) is 0 Å². The second kappa shape index (κ2) is 8.94. The lowest BCUT2D eigenvalue weighted by atomic mass is 10.1. The topological polar surface area (TPSA) is 3.24 Å². The highest BCUT2D eigenvalue weighted by Gasteiger charge is 2.15. The van der Waals surface area contributed by atoms with E-state index in [4.69, 9.17) is 0 Å². The van der Waals surface area contributed by atoms with Crippen molar-refractivity contribution >= 4 is 23.8 Å². The van der Waals surface area contributed by atoms with Crippen LogP contribution in [0.15, 0.2) is 84.9 Å². The second-order valence-corrected chi connectivity index (χ2v) is 8.80. The average molecular weight is 347 g/mol. The maximum Gasteiger partial charge on any atom is -0.00217 e. The summed E-state index contributed by atoms with van der Waals surface area (Å²) in [6, 6.07) is 31.1. The van der Waals surface area contributed by atoms with E-state index >= 15 is 0 Å². The molecule has 0 amide bonds. The highest BCUT2D eigenvalue weighted by molar-refractivity contribution is 7.79. The fraction of sp³-hybridized carbons (Fsp3) is 0.217. The van der Waals surface area contributed by atoms with E-state index < -0.39 is 7.92 Å². The van der Waals surface area contributed by atoms with E-state index in [9.17, 15) is 0 Å². The Morgan fingerprint density at radius 1 is 0.640 bits per heavy atom. The van der Waals surface area contributed by atoms with Crippen LogP contribution in [0.1, 0.15) is 12.0 Å². The van der Waals surface area contributed by atoms with Crippen LogP contribution in [-0.2, 0) is 6.42 Å². The Morgan fingerprint density at radius 2 is 1.12 bits per heavy atom. The summed E-state index contributed by atoms with van der Waals surface area (Å²) in [4.78, 5) is 2.25. The minimum atomic E-state index is -0.490. The molecule has 0 N–H and O–H groups in total. The second-order valence-electron chi connectivity index (χ2n) is 6.58. The van der Waals surface area contributed by atoms with Gasteiger partial charge in [0, 0.05) is 0 Å². The molecule has 0 atom stereocenters. The molecule has 0 aliphatic heterocycles. The summed E-state index contributed by atoms with van der Waals surface area (Å²) in [6.45, 7) is 1.14. The van der Waals surface area contributed by atoms with E-state index in [1.807, 2.05) is 0 Å². The van der Waals surface area contributed by atoms with E-state index in [0.29, 0.717) is 0 Å². The van der Waals surface area contributed by atoms with Gasteiger partial charge in [0.25, 0.3) is 0 Å². The van der Waals surface area contributed by atoms with Gasteiger partial charge < -0.3 is 4.90 Å². The van der Waals surface area contributed by atoms with Crippen LogP contribution in [0.5, 0.6) is 0 Å². The maximum atomic E-state index is 2.33. The van der Waals surface area contributed by atoms with Crippen molar-refractivity contribution in [1.82, 2.24) is 4.90 Å². The summed E-state index contributed by atoms with van der Waals surface area (Å²) in [7, 11) is 3.78. The minimum Gasteiger partial charge on any atom is -0.309 e. The normalized spacial score (nSPS) is 11.2. The van der Waals surface area contributed by atoms with Crippen molar-refractivity contribution in [3.8, 4) is 0 Å². The summed E-state index contributed by atoms with van der Waals surface area (Å²) >= 11 is 0. The number of aryl methyl sites for hydroxylation is 1. The van der Waals surface area contributed by atoms with Crippen molar-refractivity contribution in [2.75, 3.05) is 20.6 Å². The molecule has 0 radical (unpaired) electrons. The maximum absolute atomic E-state index is 2.33. The Balaban J connectivity index is 1.84. The SMILES string of the molecule is CN(C)CCCc1ccc(P(c2ccccc2)c2ccccc2)cc1. The quantitative estimate of drug-likeness (QED) is 0.585. The molecular formula is C23H26NP. The van der Waals surface area contributed by atoms with Gasteiger partial charge in [-0.25, -0.2) is 0 Å². The monoisotopic (exact) mass is 347 g/mol. The molecule has 128 valence electrons. The largest absolute Gasteiger partial charge is 0.309 e. The third kappa shape index (κ3) is 5.01. The summed E-state index contributed by atoms with van der Waals surface area (Å²) in [5.74, 6) is 0. The Bertz CT molecular complexity index is 712. The Kier molecular flexibility index (Phi) is 6.39. The van der Waals surface area contributed by atoms with E-state index in [2.05, 4.69) is 104 Å². The lowest BCUT2D eigenvalue weighted by molar-refractivity contribution is 0.400. The van der Waals surface area contributed by atoms with Crippen molar-refractivity contribution in [3.63, 3.8) is 0 Å². The molecule has 0 heterocycles. The number of nitrogens with zero attached hydrogens (tertiary/aromatic N) is 1. The first kappa shape index (κ1) is 17.9. The molecule has 1 nitrogen and oxygen atoms in total. The molecule has 0 saturated carbocycles. The van der Waals surface area contributed by atoms with Crippen LogP contribution in [0.3, 0.4) is 0 Å². The fourth-order valence-electron chi connectivity index (χ4n) is 3.01. The lowest BCUT2D eigenvalue weighted by Gasteiger charge is -2.19. The first-order valence-corrected chi connectivity index (χ1v) is 10.2. The molecule has 0 fully saturated rings. The zero-order valence-corrected chi connectivity index (χ0v) is 16.0. The first-order valence-electron chi connectivity index (χ1n) is 8.88. The van der Waals surface area contributed by atoms with Crippen molar-refractivity contribution in [1.29, 1.82) is 0 Å². The van der Waals surface area contributed by atoms with Gasteiger partial charge in [-0.05, 0) is 62.9 Å². The number of hydrogen-bond acceptors (Lipinski definition) is 1. The molecule has 2 heteroatoms. The summed E-state index contributed by atoms with van der Waals surface area (Å²) in [6.07, 6.45) is 2.35. The van der Waals surface area contributed by atoms with Gasteiger partial charge in [0.05, 0.1) is 0 Å². The van der Waals surface area contributed by atoms with Crippen molar-refractivity contribution < 1.29 is 0 Å². The third-order valence-electron chi connectivity index (χ3n) is 4.29. The van der Waals surface area contributed by atoms with Crippen LogP contribution >= 0.6 is 7.92 Å². The molecule has 25 heavy (non-hydrogen) atoms. The van der Waals surface area contributed by atoms with Gasteiger partial charge in [-0.1, -0.05) is 84.9 Å². The van der Waals surface area contributed by atoms with Gasteiger partial charge >= 0.3 is 0 Å². The van der Waals surface area contributed by atoms with Crippen LogP contribution in [0.4, 0.5) is 0 Å². The first-order chi connectivity index (χ1) is 12.2. The Morgan fingerprint density at radius 3 is 1.60 bits per heavy atom. The van der Waals surface area contributed by atoms with E-state index in [1.54, 1.807) is 0 Å². The zero-order chi connectivity index (χ0) is 17.5. The highest BCUT2D eigenvalue weighted by Crippen LogP contribution is 2.32. The standard InChI is InChI=1S/C23H26NP/c1-24(2)19-9-10-20-15-17-23(18-16-20)25(21-11-5-3-6-12-21)22-13-7-4-8-14-22/h3-8,11-18H,9-10,19H2,1-2H3. The van der Waals surface area contributed by atoms with Gasteiger partial charge in [-0.2, -0.15) is 0 Å². The summed E-state index contributed by atoms with van der Waals surface area (Å²) in [5, 5.41) is 4.23. The van der Waals surface area contributed by atoms with Crippen molar-refractivity contribution in [3.05, 3.63) is 90.5 Å². The average Bonchev–Trinajstić information content (AvgIpc) is 2.65. The summed E-state index contributed by atoms with van der Waals surface area (Å²) in [5.41, 5.74) is 1.43. The van der Waals surface area contributed by atoms with Gasteiger partial charge in [-0.3, -0.25) is 0 Å². The van der Waals surface area contributed by atoms with Gasteiger partial charge in [-0.15, -0.1) is 0 Å². The van der Waals surface area contributed by atoms with E-state index in [0.717, 1.165) is 13.0 Å². The highest BCUT2D eigenvalue weighted by atomic mass is 31.1. The Labute approximate surface area is 153 Å². The lowest BCUT2D eigenvalue weighted by Crippen LogP contribution is -2.20. The molecule has 0 unspecified atom stereocenters. The fourth-order valence-corrected chi connectivity index (χ4v) is 5.29. The molecule has 3 aromatic rings. The zero-order valence-electron chi connectivity index (χ0n) is 15.1. The van der Waals surface area contributed by atoms with Crippen LogP contribution in [-0.4, -0.2) is 25.5 Å². The smallest absolute Gasteiger partial charge is 0.00217 e. The molecule has 0 aliphatic carbocycles. The van der Waals surface area contributed by atoms with E-state index in [1.165, 1.54) is 27.9 Å². The summed E-state index contributed by atoms with van der Waals surface area (Å²) < 4.78 is 0. The molecular weight excluding hydrogens is 321 g/mol. The van der Waals surface area contributed by atoms with E-state index in [-0.39, 0.29) is 0 Å². The van der Waals surface area contributed by atoms with Crippen LogP contribution < -0.4 is 15.9 Å². The van der Waals surface area contributed by atoms with Crippen LogP contribution in [0, 0.1) is 0 Å². The predicted molar refractivity (Wildman–Crippen MR) is 112 cm³/mol. The molecule has 3 rings (SSSR count). The van der Waals surface area contributed by atoms with Gasteiger partial charge in [0.2, 0.25) is 0 Å². The molecule has 0 saturated heterocycles. The van der Waals surface area contributed by atoms with Crippen LogP contribution in [0.2, 0.25) is 0 Å². The predicted octanol–water partition coefficient (Wildman–Crippen LogP) is 3.94. The van der Waals surface area contributed by atoms with Gasteiger partial charge in [0.15, 0.2) is 0 Å². The number of hydrogen-bond donors (Lipinski definition) is 0. The number of benzene rings is 3. The van der Waals surface area contributed by atoms with Crippen molar-refractivity contribution in [2.24, 2.45) is 0 Å². The number of rotatable bonds is 7. The molecule has 0 spiro atoms. The Hall–Kier alpha value is -1.95. The van der Waals surface area contributed by atoms with Crippen molar-refractivity contribution in [2.45, 2.75) is 12.8 Å².